The number of hydrogen-bond donors (Lipinski definition) is 2. The van der Waals surface area contributed by atoms with Crippen molar-refractivity contribution >= 4 is 5.97 Å². The molecule has 0 aliphatic rings. The Hall–Kier alpha value is -0.887. The van der Waals surface area contributed by atoms with Crippen LogP contribution in [0.4, 0.5) is 0 Å². The van der Waals surface area contributed by atoms with E-state index < -0.39 is 5.97 Å². The number of carboxylic acids is 1. The van der Waals surface area contributed by atoms with Gasteiger partial charge in [-0.05, 0) is 46.1 Å². The fraction of sp³-hybridized carbons (Fsp3) is 0.696. The van der Waals surface area contributed by atoms with Crippen LogP contribution >= 0.6 is 0 Å². The number of benzene rings is 1. The normalized spacial score (nSPS) is 13.3. The summed E-state index contributed by atoms with van der Waals surface area (Å²) >= 11 is 0. The first-order valence-electron chi connectivity index (χ1n) is 9.48. The van der Waals surface area contributed by atoms with E-state index in [1.54, 1.807) is 6.07 Å². The van der Waals surface area contributed by atoms with Gasteiger partial charge in [0.1, 0.15) is 11.3 Å². The molecule has 0 radical (unpaired) electrons. The summed E-state index contributed by atoms with van der Waals surface area (Å²) < 4.78 is 0. The van der Waals surface area contributed by atoms with Gasteiger partial charge in [-0.2, -0.15) is 0 Å². The molecule has 0 amide bonds. The van der Waals surface area contributed by atoms with Crippen molar-refractivity contribution < 1.29 is 34.5 Å². The van der Waals surface area contributed by atoms with E-state index in [2.05, 4.69) is 69.2 Å². The van der Waals surface area contributed by atoms with E-state index >= 15 is 0 Å². The van der Waals surface area contributed by atoms with Crippen molar-refractivity contribution in [3.8, 4) is 5.75 Å². The Balaban J connectivity index is 0.00000676. The fourth-order valence-corrected chi connectivity index (χ4v) is 4.85. The van der Waals surface area contributed by atoms with Crippen molar-refractivity contribution in [3.05, 3.63) is 28.8 Å². The maximum absolute atomic E-state index is 11.6. The van der Waals surface area contributed by atoms with Crippen LogP contribution in [0, 0.1) is 10.8 Å². The third-order valence-electron chi connectivity index (χ3n) is 4.76. The summed E-state index contributed by atoms with van der Waals surface area (Å²) in [4.78, 5) is 11.6. The summed E-state index contributed by atoms with van der Waals surface area (Å²) in [6.07, 6.45) is 1.78. The third-order valence-corrected chi connectivity index (χ3v) is 4.76. The van der Waals surface area contributed by atoms with Crippen LogP contribution in [0.3, 0.4) is 0 Å². The van der Waals surface area contributed by atoms with Crippen LogP contribution in [0.15, 0.2) is 12.1 Å². The van der Waals surface area contributed by atoms with Crippen molar-refractivity contribution in [2.75, 3.05) is 0 Å². The molecule has 27 heavy (non-hydrogen) atoms. The van der Waals surface area contributed by atoms with Crippen LogP contribution in [-0.2, 0) is 30.3 Å². The molecule has 1 aromatic carbocycles. The largest absolute Gasteiger partial charge is 0.507 e. The second-order valence-electron chi connectivity index (χ2n) is 11.4. The van der Waals surface area contributed by atoms with Gasteiger partial charge in [0.15, 0.2) is 0 Å². The van der Waals surface area contributed by atoms with Gasteiger partial charge in [0.05, 0.1) is 0 Å². The topological polar surface area (TPSA) is 57.5 Å². The van der Waals surface area contributed by atoms with Crippen molar-refractivity contribution in [1.29, 1.82) is 0 Å². The SMILES string of the molecule is CC(C)(C)CC(C)(C)c1ccc(C(=O)O)c(O)c1C(C)(C)CC(C)(C)C.[Zn]. The van der Waals surface area contributed by atoms with Crippen LogP contribution in [0.2, 0.25) is 0 Å². The predicted octanol–water partition coefficient (Wildman–Crippen LogP) is 6.52. The molecule has 0 bridgehead atoms. The summed E-state index contributed by atoms with van der Waals surface area (Å²) in [6.45, 7) is 21.7. The first-order valence-corrected chi connectivity index (χ1v) is 9.48. The Kier molecular flexibility index (Phi) is 7.96. The molecule has 0 atom stereocenters. The molecular weight excluding hydrogens is 390 g/mol. The number of aromatic hydroxyl groups is 1. The van der Waals surface area contributed by atoms with Crippen LogP contribution in [0.25, 0.3) is 0 Å². The van der Waals surface area contributed by atoms with Gasteiger partial charge in [-0.25, -0.2) is 4.79 Å². The molecule has 3 nitrogen and oxygen atoms in total. The van der Waals surface area contributed by atoms with Crippen molar-refractivity contribution in [2.45, 2.75) is 92.9 Å². The molecule has 0 spiro atoms. The first kappa shape index (κ1) is 26.1. The van der Waals surface area contributed by atoms with E-state index in [0.29, 0.717) is 0 Å². The molecular formula is C23H38O3Zn. The number of hydrogen-bond acceptors (Lipinski definition) is 2. The number of carboxylic acid groups (broad SMARTS) is 1. The molecule has 2 N–H and O–H groups in total. The zero-order chi connectivity index (χ0) is 20.7. The molecule has 0 aromatic heterocycles. The minimum atomic E-state index is -1.09. The van der Waals surface area contributed by atoms with E-state index in [1.165, 1.54) is 0 Å². The Morgan fingerprint density at radius 1 is 0.815 bits per heavy atom. The van der Waals surface area contributed by atoms with Gasteiger partial charge in [0.2, 0.25) is 0 Å². The van der Waals surface area contributed by atoms with E-state index in [0.717, 1.165) is 24.0 Å². The van der Waals surface area contributed by atoms with Gasteiger partial charge in [-0.3, -0.25) is 0 Å². The summed E-state index contributed by atoms with van der Waals surface area (Å²) in [7, 11) is 0. The molecule has 0 unspecified atom stereocenters. The number of aromatic carboxylic acids is 1. The molecule has 150 valence electrons. The molecule has 0 fully saturated rings. The number of rotatable bonds is 5. The molecule has 0 aliphatic heterocycles. The van der Waals surface area contributed by atoms with Gasteiger partial charge >= 0.3 is 5.97 Å². The van der Waals surface area contributed by atoms with E-state index in [4.69, 9.17) is 0 Å². The maximum Gasteiger partial charge on any atom is 0.339 e. The monoisotopic (exact) mass is 426 g/mol. The number of carbonyl (C=O) groups is 1. The van der Waals surface area contributed by atoms with Crippen molar-refractivity contribution in [3.63, 3.8) is 0 Å². The first-order chi connectivity index (χ1) is 11.4. The fourth-order valence-electron chi connectivity index (χ4n) is 4.85. The van der Waals surface area contributed by atoms with Gasteiger partial charge in [0, 0.05) is 25.0 Å². The summed E-state index contributed by atoms with van der Waals surface area (Å²) in [5.74, 6) is -1.17. The van der Waals surface area contributed by atoms with Crippen LogP contribution in [0.5, 0.6) is 5.75 Å². The van der Waals surface area contributed by atoms with Crippen LogP contribution in [0.1, 0.15) is 104 Å². The van der Waals surface area contributed by atoms with E-state index in [-0.39, 0.29) is 52.5 Å². The average Bonchev–Trinajstić information content (AvgIpc) is 2.31. The van der Waals surface area contributed by atoms with E-state index in [1.807, 2.05) is 6.07 Å². The Morgan fingerprint density at radius 2 is 1.22 bits per heavy atom. The zero-order valence-corrected chi connectivity index (χ0v) is 22.0. The standard InChI is InChI=1S/C23H38O3.Zn/c1-20(2,3)13-22(7,8)16-12-11-15(19(25)26)18(24)17(16)23(9,10)14-21(4,5)6;/h11-12,24H,13-14H2,1-10H3,(H,25,26);. The van der Waals surface area contributed by atoms with Gasteiger partial charge in [-0.15, -0.1) is 0 Å². The van der Waals surface area contributed by atoms with Gasteiger partial charge in [0.25, 0.3) is 0 Å². The Morgan fingerprint density at radius 3 is 1.59 bits per heavy atom. The van der Waals surface area contributed by atoms with Crippen molar-refractivity contribution in [1.82, 2.24) is 0 Å². The quantitative estimate of drug-likeness (QED) is 0.526. The van der Waals surface area contributed by atoms with Crippen LogP contribution in [-0.4, -0.2) is 16.2 Å². The molecule has 1 aromatic rings. The summed E-state index contributed by atoms with van der Waals surface area (Å²) in [5, 5.41) is 20.5. The smallest absolute Gasteiger partial charge is 0.339 e. The molecule has 0 saturated carbocycles. The molecule has 0 saturated heterocycles. The van der Waals surface area contributed by atoms with E-state index in [9.17, 15) is 15.0 Å². The summed E-state index contributed by atoms with van der Waals surface area (Å²) in [6, 6.07) is 3.46. The average molecular weight is 428 g/mol. The second kappa shape index (κ2) is 8.23. The number of phenols is 1. The molecule has 4 heteroatoms. The molecule has 1 rings (SSSR count). The minimum Gasteiger partial charge on any atom is -0.507 e. The van der Waals surface area contributed by atoms with Crippen molar-refractivity contribution in [2.24, 2.45) is 10.8 Å². The third kappa shape index (κ3) is 6.89. The second-order valence-corrected chi connectivity index (χ2v) is 11.4. The summed E-state index contributed by atoms with van der Waals surface area (Å²) in [5.41, 5.74) is 1.45. The Labute approximate surface area is 178 Å². The molecule has 0 heterocycles. The zero-order valence-electron chi connectivity index (χ0n) is 19.1. The Bertz CT molecular complexity index is 674. The maximum atomic E-state index is 11.6. The van der Waals surface area contributed by atoms with Gasteiger partial charge < -0.3 is 10.2 Å². The van der Waals surface area contributed by atoms with Gasteiger partial charge in [-0.1, -0.05) is 75.3 Å². The molecule has 0 aliphatic carbocycles. The minimum absolute atomic E-state index is 0. The van der Waals surface area contributed by atoms with Crippen LogP contribution < -0.4 is 0 Å². The predicted molar refractivity (Wildman–Crippen MR) is 109 cm³/mol.